The molecule has 1 amide bonds. The van der Waals surface area contributed by atoms with Gasteiger partial charge in [-0.3, -0.25) is 4.79 Å². The van der Waals surface area contributed by atoms with Gasteiger partial charge in [0.05, 0.1) is 6.07 Å². The van der Waals surface area contributed by atoms with Crippen LogP contribution in [-0.2, 0) is 9.59 Å². The maximum atomic E-state index is 11.3. The van der Waals surface area contributed by atoms with Crippen LogP contribution in [0.3, 0.4) is 0 Å². The van der Waals surface area contributed by atoms with E-state index in [1.165, 1.54) is 6.92 Å². The van der Waals surface area contributed by atoms with Crippen LogP contribution >= 0.6 is 0 Å². The molecular weight excluding hydrogens is 180 g/mol. The topological polar surface area (TPSA) is 61.2 Å². The van der Waals surface area contributed by atoms with Crippen molar-refractivity contribution in [2.75, 3.05) is 6.54 Å². The van der Waals surface area contributed by atoms with Crippen LogP contribution in [-0.4, -0.2) is 29.2 Å². The van der Waals surface area contributed by atoms with E-state index in [0.717, 1.165) is 0 Å². The maximum absolute atomic E-state index is 11.3. The minimum atomic E-state index is -0.269. The summed E-state index contributed by atoms with van der Waals surface area (Å²) in [5.41, 5.74) is 0. The summed E-state index contributed by atoms with van der Waals surface area (Å²) in [5.74, 6) is 0.172. The zero-order valence-electron chi connectivity index (χ0n) is 8.32. The molecule has 0 aromatic carbocycles. The summed E-state index contributed by atoms with van der Waals surface area (Å²) in [7, 11) is 0. The van der Waals surface area contributed by atoms with Crippen molar-refractivity contribution in [1.82, 2.24) is 4.90 Å². The number of carbonyl (C=O) groups is 2. The van der Waals surface area contributed by atoms with E-state index in [4.69, 9.17) is 5.26 Å². The van der Waals surface area contributed by atoms with Crippen LogP contribution in [0.15, 0.2) is 0 Å². The van der Waals surface area contributed by atoms with Crippen molar-refractivity contribution in [1.29, 1.82) is 5.26 Å². The number of likely N-dealkylation sites (tertiary alicyclic amines) is 1. The SMILES string of the molecule is CC(=O)CCCN1C(=O)CCC1C#N. The Balaban J connectivity index is 2.38. The van der Waals surface area contributed by atoms with E-state index in [1.807, 2.05) is 0 Å². The minimum absolute atomic E-state index is 0.0418. The third-order valence-electron chi connectivity index (χ3n) is 2.41. The van der Waals surface area contributed by atoms with Gasteiger partial charge in [0.1, 0.15) is 11.8 Å². The lowest BCUT2D eigenvalue weighted by atomic mass is 10.2. The molecule has 0 aromatic heterocycles. The summed E-state index contributed by atoms with van der Waals surface area (Å²) in [5, 5.41) is 8.75. The molecule has 1 rings (SSSR count). The van der Waals surface area contributed by atoms with Gasteiger partial charge in [-0.25, -0.2) is 0 Å². The number of rotatable bonds is 4. The first-order valence-electron chi connectivity index (χ1n) is 4.83. The number of amides is 1. The Morgan fingerprint density at radius 1 is 1.71 bits per heavy atom. The first kappa shape index (κ1) is 10.7. The molecule has 1 saturated heterocycles. The van der Waals surface area contributed by atoms with Crippen molar-refractivity contribution in [2.45, 2.75) is 38.6 Å². The molecule has 0 spiro atoms. The zero-order valence-corrected chi connectivity index (χ0v) is 8.32. The Bertz CT molecular complexity index is 280. The summed E-state index contributed by atoms with van der Waals surface area (Å²) in [6.07, 6.45) is 2.26. The lowest BCUT2D eigenvalue weighted by Gasteiger charge is -2.18. The van der Waals surface area contributed by atoms with Crippen LogP contribution in [0.1, 0.15) is 32.6 Å². The standard InChI is InChI=1S/C10H14N2O2/c1-8(13)3-2-6-12-9(7-11)4-5-10(12)14/h9H,2-6H2,1H3. The number of hydrogen-bond acceptors (Lipinski definition) is 3. The molecule has 0 aromatic rings. The fraction of sp³-hybridized carbons (Fsp3) is 0.700. The van der Waals surface area contributed by atoms with E-state index in [0.29, 0.717) is 32.2 Å². The van der Waals surface area contributed by atoms with E-state index < -0.39 is 0 Å². The van der Waals surface area contributed by atoms with Crippen molar-refractivity contribution in [3.05, 3.63) is 0 Å². The monoisotopic (exact) mass is 194 g/mol. The summed E-state index contributed by atoms with van der Waals surface area (Å²) in [4.78, 5) is 23.6. The van der Waals surface area contributed by atoms with Gasteiger partial charge in [0.25, 0.3) is 0 Å². The lowest BCUT2D eigenvalue weighted by Crippen LogP contribution is -2.33. The van der Waals surface area contributed by atoms with Crippen LogP contribution in [0.4, 0.5) is 0 Å². The summed E-state index contributed by atoms with van der Waals surface area (Å²) >= 11 is 0. The van der Waals surface area contributed by atoms with Gasteiger partial charge in [-0.2, -0.15) is 5.26 Å². The van der Waals surface area contributed by atoms with Gasteiger partial charge in [0.2, 0.25) is 5.91 Å². The van der Waals surface area contributed by atoms with Crippen molar-refractivity contribution in [3.63, 3.8) is 0 Å². The lowest BCUT2D eigenvalue weighted by molar-refractivity contribution is -0.128. The average molecular weight is 194 g/mol. The molecule has 0 radical (unpaired) electrons. The number of ketones is 1. The molecule has 0 aliphatic carbocycles. The van der Waals surface area contributed by atoms with E-state index in [2.05, 4.69) is 6.07 Å². The van der Waals surface area contributed by atoms with Crippen molar-refractivity contribution < 1.29 is 9.59 Å². The highest BCUT2D eigenvalue weighted by atomic mass is 16.2. The molecule has 4 nitrogen and oxygen atoms in total. The van der Waals surface area contributed by atoms with Gasteiger partial charge in [-0.1, -0.05) is 0 Å². The Morgan fingerprint density at radius 2 is 2.43 bits per heavy atom. The van der Waals surface area contributed by atoms with Gasteiger partial charge >= 0.3 is 0 Å². The second-order valence-corrected chi connectivity index (χ2v) is 3.58. The summed E-state index contributed by atoms with van der Waals surface area (Å²) < 4.78 is 0. The summed E-state index contributed by atoms with van der Waals surface area (Å²) in [6, 6.07) is 1.83. The predicted molar refractivity (Wildman–Crippen MR) is 50.3 cm³/mol. The smallest absolute Gasteiger partial charge is 0.223 e. The molecule has 0 saturated carbocycles. The van der Waals surface area contributed by atoms with Crippen molar-refractivity contribution in [3.8, 4) is 6.07 Å². The maximum Gasteiger partial charge on any atom is 0.223 e. The molecule has 1 aliphatic rings. The fourth-order valence-corrected chi connectivity index (χ4v) is 1.65. The Morgan fingerprint density at radius 3 is 3.00 bits per heavy atom. The van der Waals surface area contributed by atoms with Gasteiger partial charge in [0, 0.05) is 19.4 Å². The molecular formula is C10H14N2O2. The van der Waals surface area contributed by atoms with Gasteiger partial charge in [-0.15, -0.1) is 0 Å². The largest absolute Gasteiger partial charge is 0.327 e. The fourth-order valence-electron chi connectivity index (χ4n) is 1.65. The molecule has 1 atom stereocenters. The second-order valence-electron chi connectivity index (χ2n) is 3.58. The highest BCUT2D eigenvalue weighted by molar-refractivity contribution is 5.79. The molecule has 1 aliphatic heterocycles. The Hall–Kier alpha value is -1.37. The molecule has 0 N–H and O–H groups in total. The highest BCUT2D eigenvalue weighted by Crippen LogP contribution is 2.18. The van der Waals surface area contributed by atoms with Crippen LogP contribution < -0.4 is 0 Å². The van der Waals surface area contributed by atoms with Crippen LogP contribution in [0.25, 0.3) is 0 Å². The number of Topliss-reactive ketones (excluding diaryl/α,β-unsaturated/α-hetero) is 1. The van der Waals surface area contributed by atoms with E-state index >= 15 is 0 Å². The normalized spacial score (nSPS) is 21.0. The molecule has 1 fully saturated rings. The molecule has 0 bridgehead atoms. The molecule has 4 heteroatoms. The van der Waals surface area contributed by atoms with Crippen molar-refractivity contribution in [2.24, 2.45) is 0 Å². The summed E-state index contributed by atoms with van der Waals surface area (Å²) in [6.45, 7) is 2.07. The number of hydrogen-bond donors (Lipinski definition) is 0. The first-order valence-corrected chi connectivity index (χ1v) is 4.83. The molecule has 1 heterocycles. The minimum Gasteiger partial charge on any atom is -0.327 e. The average Bonchev–Trinajstić information content (AvgIpc) is 2.47. The molecule has 76 valence electrons. The number of nitrogens with zero attached hydrogens (tertiary/aromatic N) is 2. The number of carbonyl (C=O) groups excluding carboxylic acids is 2. The third-order valence-corrected chi connectivity index (χ3v) is 2.41. The Kier molecular flexibility index (Phi) is 3.63. The van der Waals surface area contributed by atoms with Gasteiger partial charge < -0.3 is 9.69 Å². The van der Waals surface area contributed by atoms with Crippen LogP contribution in [0, 0.1) is 11.3 Å². The van der Waals surface area contributed by atoms with Crippen molar-refractivity contribution >= 4 is 11.7 Å². The first-order chi connectivity index (χ1) is 6.65. The molecule has 1 unspecified atom stereocenters. The zero-order chi connectivity index (χ0) is 10.6. The van der Waals surface area contributed by atoms with E-state index in [9.17, 15) is 9.59 Å². The molecule has 14 heavy (non-hydrogen) atoms. The van der Waals surface area contributed by atoms with Gasteiger partial charge in [-0.05, 0) is 19.8 Å². The highest BCUT2D eigenvalue weighted by Gasteiger charge is 2.29. The van der Waals surface area contributed by atoms with Gasteiger partial charge in [0.15, 0.2) is 0 Å². The second kappa shape index (κ2) is 4.75. The predicted octanol–water partition coefficient (Wildman–Crippen LogP) is 0.870. The van der Waals surface area contributed by atoms with Crippen LogP contribution in [0.2, 0.25) is 0 Å². The van der Waals surface area contributed by atoms with E-state index in [1.54, 1.807) is 4.90 Å². The Labute approximate surface area is 83.5 Å². The number of nitriles is 1. The van der Waals surface area contributed by atoms with E-state index in [-0.39, 0.29) is 17.7 Å². The van der Waals surface area contributed by atoms with Crippen LogP contribution in [0.5, 0.6) is 0 Å². The third kappa shape index (κ3) is 2.56. The quantitative estimate of drug-likeness (QED) is 0.667.